The molecular formula is C39H58N6O6S. The van der Waals surface area contributed by atoms with Gasteiger partial charge in [-0.15, -0.1) is 0 Å². The average molecular weight is 739 g/mol. The Morgan fingerprint density at radius 2 is 1.52 bits per heavy atom. The second-order valence-electron chi connectivity index (χ2n) is 16.7. The Labute approximate surface area is 309 Å². The van der Waals surface area contributed by atoms with E-state index in [-0.39, 0.29) is 28.0 Å². The molecule has 0 amide bonds. The van der Waals surface area contributed by atoms with E-state index >= 15 is 0 Å². The molecule has 12 nitrogen and oxygen atoms in total. The molecule has 2 saturated carbocycles. The number of fused-ring (bicyclic) bond motifs is 5. The van der Waals surface area contributed by atoms with Gasteiger partial charge >= 0.3 is 0 Å². The van der Waals surface area contributed by atoms with Gasteiger partial charge in [-0.05, 0) is 93.6 Å². The first-order valence-electron chi connectivity index (χ1n) is 19.2. The first-order valence-corrected chi connectivity index (χ1v) is 21.0. The zero-order valence-electron chi connectivity index (χ0n) is 31.4. The number of rotatable bonds is 6. The Kier molecular flexibility index (Phi) is 11.1. The number of nitrogens with zero attached hydrogens (tertiary/aromatic N) is 6. The SMILES string of the molecule is CC1CC2C3CCC4=CC(=O)C=C[C@]4(C)C3=CC[C@]2(C)C1C(=O)CN1CCN(c2cc(N3CCCC3)nc(N3CCCC3)n2)CC1.CS(=O)(=O)O.O. The van der Waals surface area contributed by atoms with Gasteiger partial charge in [0, 0.05) is 69.8 Å². The van der Waals surface area contributed by atoms with Crippen LogP contribution in [0.2, 0.25) is 0 Å². The van der Waals surface area contributed by atoms with Crippen LogP contribution in [0.25, 0.3) is 0 Å². The topological polar surface area (TPSA) is 159 Å². The molecule has 0 spiro atoms. The second kappa shape index (κ2) is 14.9. The Balaban J connectivity index is 0.000000726. The van der Waals surface area contributed by atoms with Crippen LogP contribution >= 0.6 is 0 Å². The zero-order valence-corrected chi connectivity index (χ0v) is 32.2. The summed E-state index contributed by atoms with van der Waals surface area (Å²) in [5.74, 6) is 5.14. The van der Waals surface area contributed by atoms with E-state index in [0.29, 0.717) is 36.3 Å². The quantitative estimate of drug-likeness (QED) is 0.330. The van der Waals surface area contributed by atoms with E-state index in [1.54, 1.807) is 6.08 Å². The number of aromatic nitrogens is 2. The predicted octanol–water partition coefficient (Wildman–Crippen LogP) is 4.14. The van der Waals surface area contributed by atoms with Crippen molar-refractivity contribution in [2.45, 2.75) is 72.1 Å². The van der Waals surface area contributed by atoms with E-state index in [2.05, 4.69) is 58.6 Å². The van der Waals surface area contributed by atoms with Crippen LogP contribution in [-0.2, 0) is 19.7 Å². The van der Waals surface area contributed by atoms with Crippen molar-refractivity contribution >= 4 is 39.3 Å². The van der Waals surface area contributed by atoms with Crippen LogP contribution in [0, 0.1) is 34.5 Å². The van der Waals surface area contributed by atoms with Crippen molar-refractivity contribution in [2.75, 3.05) is 79.9 Å². The molecular weight excluding hydrogens is 681 g/mol. The Bertz CT molecular complexity index is 1680. The number of Topliss-reactive ketones (excluding diaryl/α,β-unsaturated/α-hetero) is 1. The first-order chi connectivity index (χ1) is 24.2. The van der Waals surface area contributed by atoms with Crippen molar-refractivity contribution in [3.05, 3.63) is 41.5 Å². The van der Waals surface area contributed by atoms with Crippen molar-refractivity contribution in [3.8, 4) is 0 Å². The van der Waals surface area contributed by atoms with Gasteiger partial charge in [-0.25, -0.2) is 0 Å². The fourth-order valence-corrected chi connectivity index (χ4v) is 10.8. The van der Waals surface area contributed by atoms with Gasteiger partial charge in [0.05, 0.1) is 12.8 Å². The van der Waals surface area contributed by atoms with Gasteiger partial charge in [-0.2, -0.15) is 18.4 Å². The highest BCUT2D eigenvalue weighted by Crippen LogP contribution is 2.65. The van der Waals surface area contributed by atoms with E-state index in [4.69, 9.17) is 14.5 Å². The maximum atomic E-state index is 14.2. The number of carbonyl (C=O) groups is 2. The first kappa shape index (κ1) is 38.6. The molecule has 1 aromatic heterocycles. The van der Waals surface area contributed by atoms with Crippen molar-refractivity contribution in [1.29, 1.82) is 0 Å². The molecule has 6 atom stereocenters. The average Bonchev–Trinajstić information content (AvgIpc) is 3.86. The van der Waals surface area contributed by atoms with Gasteiger partial charge in [0.25, 0.3) is 10.1 Å². The lowest BCUT2D eigenvalue weighted by Crippen LogP contribution is -2.51. The highest BCUT2D eigenvalue weighted by molar-refractivity contribution is 7.85. The number of hydrogen-bond donors (Lipinski definition) is 1. The molecule has 13 heteroatoms. The molecule has 7 aliphatic rings. The standard InChI is InChI=1S/C38H52N6O2.CH4O3S.H2O/c1-26-22-31-29-9-8-27-23-28(45)10-12-37(27,2)30(29)11-13-38(31,3)35(26)32(46)25-41-18-20-43(21-19-41)34-24-33(42-14-4-5-15-42)39-36(40-34)44-16-6-7-17-44;1-5(2,3)4;/h10-12,23-24,26,29,31,35H,4-9,13-22,25H2,1-3H3;1H3,(H,2,3,4);1H2/t26?,29?,31?,35?,37-,38-;;/m0../s1. The molecule has 0 aromatic carbocycles. The van der Waals surface area contributed by atoms with Crippen LogP contribution in [0.15, 0.2) is 41.5 Å². The van der Waals surface area contributed by atoms with Crippen LogP contribution in [0.3, 0.4) is 0 Å². The molecule has 4 heterocycles. The third-order valence-corrected chi connectivity index (χ3v) is 13.2. The summed E-state index contributed by atoms with van der Waals surface area (Å²) >= 11 is 0. The molecule has 3 saturated heterocycles. The summed E-state index contributed by atoms with van der Waals surface area (Å²) in [4.78, 5) is 46.1. The number of carbonyl (C=O) groups excluding carboxylic acids is 2. The maximum Gasteiger partial charge on any atom is 0.261 e. The van der Waals surface area contributed by atoms with Gasteiger partial charge < -0.3 is 20.2 Å². The Hall–Kier alpha value is -3.13. The van der Waals surface area contributed by atoms with Crippen LogP contribution in [0.4, 0.5) is 17.6 Å². The summed E-state index contributed by atoms with van der Waals surface area (Å²) in [6.45, 7) is 15.4. The molecule has 1 aromatic rings. The highest BCUT2D eigenvalue weighted by Gasteiger charge is 2.59. The lowest BCUT2D eigenvalue weighted by molar-refractivity contribution is -0.129. The van der Waals surface area contributed by atoms with E-state index in [0.717, 1.165) is 95.6 Å². The summed E-state index contributed by atoms with van der Waals surface area (Å²) in [5, 5.41) is 0. The Morgan fingerprint density at radius 1 is 0.942 bits per heavy atom. The number of ketones is 2. The summed E-state index contributed by atoms with van der Waals surface area (Å²) in [7, 11) is -3.67. The van der Waals surface area contributed by atoms with Crippen LogP contribution in [0.1, 0.15) is 72.1 Å². The van der Waals surface area contributed by atoms with Crippen LogP contribution in [-0.4, -0.2) is 110 Å². The van der Waals surface area contributed by atoms with Crippen molar-refractivity contribution in [3.63, 3.8) is 0 Å². The molecule has 52 heavy (non-hydrogen) atoms. The Morgan fingerprint density at radius 3 is 2.13 bits per heavy atom. The van der Waals surface area contributed by atoms with E-state index in [9.17, 15) is 18.0 Å². The molecule has 3 N–H and O–H groups in total. The fourth-order valence-electron chi connectivity index (χ4n) is 10.8. The number of allylic oxidation sites excluding steroid dienone is 6. The summed E-state index contributed by atoms with van der Waals surface area (Å²) in [5.41, 5.74) is 2.68. The summed E-state index contributed by atoms with van der Waals surface area (Å²) in [6.07, 6.45) is 18.1. The lowest BCUT2D eigenvalue weighted by Gasteiger charge is -2.52. The van der Waals surface area contributed by atoms with Gasteiger partial charge in [-0.3, -0.25) is 19.0 Å². The third-order valence-electron chi connectivity index (χ3n) is 13.2. The predicted molar refractivity (Wildman–Crippen MR) is 204 cm³/mol. The number of anilines is 3. The van der Waals surface area contributed by atoms with E-state index in [1.165, 1.54) is 36.8 Å². The molecule has 8 rings (SSSR count). The van der Waals surface area contributed by atoms with Gasteiger partial charge in [0.2, 0.25) is 5.95 Å². The molecule has 3 aliphatic heterocycles. The normalized spacial score (nSPS) is 32.9. The van der Waals surface area contributed by atoms with Crippen molar-refractivity contribution in [2.24, 2.45) is 34.5 Å². The highest BCUT2D eigenvalue weighted by atomic mass is 32.2. The van der Waals surface area contributed by atoms with Crippen LogP contribution in [0.5, 0.6) is 0 Å². The number of piperazine rings is 1. The molecule has 0 bridgehead atoms. The minimum absolute atomic E-state index is 0. The minimum atomic E-state index is -3.67. The van der Waals surface area contributed by atoms with E-state index < -0.39 is 10.1 Å². The lowest BCUT2D eigenvalue weighted by atomic mass is 9.52. The summed E-state index contributed by atoms with van der Waals surface area (Å²) < 4.78 is 25.9. The minimum Gasteiger partial charge on any atom is -0.412 e. The molecule has 4 aliphatic carbocycles. The number of hydrogen-bond acceptors (Lipinski definition) is 10. The molecule has 5 fully saturated rings. The molecule has 4 unspecified atom stereocenters. The largest absolute Gasteiger partial charge is 0.412 e. The maximum absolute atomic E-state index is 14.2. The molecule has 286 valence electrons. The molecule has 0 radical (unpaired) electrons. The van der Waals surface area contributed by atoms with Gasteiger partial charge in [0.15, 0.2) is 11.6 Å². The fraction of sp³-hybridized carbons (Fsp3) is 0.692. The second-order valence-corrected chi connectivity index (χ2v) is 18.1. The van der Waals surface area contributed by atoms with Crippen LogP contribution < -0.4 is 14.7 Å². The smallest absolute Gasteiger partial charge is 0.261 e. The summed E-state index contributed by atoms with van der Waals surface area (Å²) in [6, 6.07) is 2.21. The van der Waals surface area contributed by atoms with Gasteiger partial charge in [0.1, 0.15) is 11.6 Å². The monoisotopic (exact) mass is 738 g/mol. The van der Waals surface area contributed by atoms with E-state index in [1.807, 2.05) is 6.08 Å². The third kappa shape index (κ3) is 7.61. The zero-order chi connectivity index (χ0) is 36.1. The van der Waals surface area contributed by atoms with Crippen molar-refractivity contribution in [1.82, 2.24) is 14.9 Å². The van der Waals surface area contributed by atoms with Crippen molar-refractivity contribution < 1.29 is 28.0 Å². The van der Waals surface area contributed by atoms with Gasteiger partial charge in [-0.1, -0.05) is 37.1 Å².